The van der Waals surface area contributed by atoms with Crippen LogP contribution in [0.3, 0.4) is 0 Å². The van der Waals surface area contributed by atoms with Gasteiger partial charge in [-0.2, -0.15) is 0 Å². The Morgan fingerprint density at radius 1 is 1.57 bits per heavy atom. The van der Waals surface area contributed by atoms with Crippen LogP contribution in [-0.4, -0.2) is 38.5 Å². The molecule has 2 atom stereocenters. The SMILES string of the molecule is C=CCCCOCC1CNCC(C)O1. The maximum absolute atomic E-state index is 5.69. The average molecular weight is 199 g/mol. The van der Waals surface area contributed by atoms with Crippen molar-refractivity contribution in [2.75, 3.05) is 26.3 Å². The van der Waals surface area contributed by atoms with E-state index in [9.17, 15) is 0 Å². The van der Waals surface area contributed by atoms with Crippen molar-refractivity contribution in [2.45, 2.75) is 32.0 Å². The Bertz CT molecular complexity index is 161. The van der Waals surface area contributed by atoms with Crippen molar-refractivity contribution < 1.29 is 9.47 Å². The zero-order valence-corrected chi connectivity index (χ0v) is 9.00. The zero-order valence-electron chi connectivity index (χ0n) is 9.00. The molecule has 14 heavy (non-hydrogen) atoms. The van der Waals surface area contributed by atoms with E-state index in [1.807, 2.05) is 6.08 Å². The molecule has 1 rings (SSSR count). The van der Waals surface area contributed by atoms with Crippen molar-refractivity contribution in [1.82, 2.24) is 5.32 Å². The third-order valence-electron chi connectivity index (χ3n) is 2.23. The first-order chi connectivity index (χ1) is 6.83. The monoisotopic (exact) mass is 199 g/mol. The topological polar surface area (TPSA) is 30.5 Å². The minimum Gasteiger partial charge on any atom is -0.379 e. The molecule has 0 bridgehead atoms. The molecule has 0 spiro atoms. The second-order valence-electron chi connectivity index (χ2n) is 3.73. The molecule has 0 aliphatic carbocycles. The summed E-state index contributed by atoms with van der Waals surface area (Å²) in [5.74, 6) is 0. The molecule has 82 valence electrons. The number of allylic oxidation sites excluding steroid dienone is 1. The van der Waals surface area contributed by atoms with E-state index in [0.717, 1.165) is 32.5 Å². The number of rotatable bonds is 6. The molecular weight excluding hydrogens is 178 g/mol. The Morgan fingerprint density at radius 3 is 3.14 bits per heavy atom. The highest BCUT2D eigenvalue weighted by Gasteiger charge is 2.18. The quantitative estimate of drug-likeness (QED) is 0.517. The molecule has 3 heteroatoms. The van der Waals surface area contributed by atoms with Crippen LogP contribution in [0.2, 0.25) is 0 Å². The van der Waals surface area contributed by atoms with Crippen LogP contribution < -0.4 is 5.32 Å². The zero-order chi connectivity index (χ0) is 10.2. The summed E-state index contributed by atoms with van der Waals surface area (Å²) in [5, 5.41) is 3.32. The first kappa shape index (κ1) is 11.7. The van der Waals surface area contributed by atoms with Crippen molar-refractivity contribution in [3.63, 3.8) is 0 Å². The molecule has 1 aliphatic heterocycles. The lowest BCUT2D eigenvalue weighted by atomic mass is 10.2. The molecule has 1 aliphatic rings. The van der Waals surface area contributed by atoms with Gasteiger partial charge in [0, 0.05) is 19.7 Å². The van der Waals surface area contributed by atoms with E-state index in [1.165, 1.54) is 0 Å². The van der Waals surface area contributed by atoms with Gasteiger partial charge in [-0.15, -0.1) is 6.58 Å². The number of hydrogen-bond donors (Lipinski definition) is 1. The van der Waals surface area contributed by atoms with Crippen molar-refractivity contribution >= 4 is 0 Å². The van der Waals surface area contributed by atoms with E-state index in [0.29, 0.717) is 12.7 Å². The maximum atomic E-state index is 5.69. The van der Waals surface area contributed by atoms with Gasteiger partial charge in [-0.3, -0.25) is 0 Å². The van der Waals surface area contributed by atoms with E-state index >= 15 is 0 Å². The molecule has 1 fully saturated rings. The predicted octanol–water partition coefficient (Wildman–Crippen LogP) is 1.35. The Morgan fingerprint density at radius 2 is 2.43 bits per heavy atom. The highest BCUT2D eigenvalue weighted by atomic mass is 16.5. The minimum atomic E-state index is 0.225. The first-order valence-corrected chi connectivity index (χ1v) is 5.37. The van der Waals surface area contributed by atoms with Crippen LogP contribution in [0.15, 0.2) is 12.7 Å². The largest absolute Gasteiger partial charge is 0.379 e. The number of nitrogens with one attached hydrogen (secondary N) is 1. The van der Waals surface area contributed by atoms with Crippen molar-refractivity contribution in [3.8, 4) is 0 Å². The van der Waals surface area contributed by atoms with Gasteiger partial charge >= 0.3 is 0 Å². The van der Waals surface area contributed by atoms with E-state index < -0.39 is 0 Å². The molecule has 3 nitrogen and oxygen atoms in total. The van der Waals surface area contributed by atoms with E-state index in [-0.39, 0.29) is 6.10 Å². The van der Waals surface area contributed by atoms with Gasteiger partial charge < -0.3 is 14.8 Å². The fourth-order valence-corrected chi connectivity index (χ4v) is 1.52. The van der Waals surface area contributed by atoms with Crippen LogP contribution >= 0.6 is 0 Å². The van der Waals surface area contributed by atoms with E-state index in [1.54, 1.807) is 0 Å². The second kappa shape index (κ2) is 6.98. The van der Waals surface area contributed by atoms with Gasteiger partial charge in [0.1, 0.15) is 0 Å². The summed E-state index contributed by atoms with van der Waals surface area (Å²) in [4.78, 5) is 0. The third kappa shape index (κ3) is 4.74. The van der Waals surface area contributed by atoms with Crippen LogP contribution in [0.25, 0.3) is 0 Å². The number of hydrogen-bond acceptors (Lipinski definition) is 3. The smallest absolute Gasteiger partial charge is 0.0936 e. The maximum Gasteiger partial charge on any atom is 0.0936 e. The van der Waals surface area contributed by atoms with Crippen LogP contribution in [-0.2, 0) is 9.47 Å². The fourth-order valence-electron chi connectivity index (χ4n) is 1.52. The van der Waals surface area contributed by atoms with Crippen LogP contribution in [0.5, 0.6) is 0 Å². The van der Waals surface area contributed by atoms with Gasteiger partial charge in [0.05, 0.1) is 18.8 Å². The Labute approximate surface area is 86.5 Å². The lowest BCUT2D eigenvalue weighted by molar-refractivity contribution is -0.0686. The molecule has 0 aromatic heterocycles. The highest BCUT2D eigenvalue weighted by molar-refractivity contribution is 4.71. The van der Waals surface area contributed by atoms with E-state index in [2.05, 4.69) is 18.8 Å². The van der Waals surface area contributed by atoms with Gasteiger partial charge in [0.25, 0.3) is 0 Å². The summed E-state index contributed by atoms with van der Waals surface area (Å²) < 4.78 is 11.2. The van der Waals surface area contributed by atoms with Crippen LogP contribution in [0, 0.1) is 0 Å². The molecule has 0 aromatic rings. The summed E-state index contributed by atoms with van der Waals surface area (Å²) in [5.41, 5.74) is 0. The van der Waals surface area contributed by atoms with Crippen molar-refractivity contribution in [2.24, 2.45) is 0 Å². The first-order valence-electron chi connectivity index (χ1n) is 5.37. The molecule has 1 N–H and O–H groups in total. The normalized spacial score (nSPS) is 27.5. The van der Waals surface area contributed by atoms with Gasteiger partial charge in [0.2, 0.25) is 0 Å². The Balaban J connectivity index is 1.97. The number of unbranched alkanes of at least 4 members (excludes halogenated alkanes) is 1. The second-order valence-corrected chi connectivity index (χ2v) is 3.73. The number of morpholine rings is 1. The molecule has 2 unspecified atom stereocenters. The van der Waals surface area contributed by atoms with Crippen molar-refractivity contribution in [3.05, 3.63) is 12.7 Å². The predicted molar refractivity (Wildman–Crippen MR) is 57.5 cm³/mol. The summed E-state index contributed by atoms with van der Waals surface area (Å²) in [6.07, 6.45) is 4.54. The minimum absolute atomic E-state index is 0.225. The van der Waals surface area contributed by atoms with Gasteiger partial charge in [-0.05, 0) is 19.8 Å². The molecular formula is C11H21NO2. The van der Waals surface area contributed by atoms with Crippen molar-refractivity contribution in [1.29, 1.82) is 0 Å². The highest BCUT2D eigenvalue weighted by Crippen LogP contribution is 2.03. The summed E-state index contributed by atoms with van der Waals surface area (Å²) >= 11 is 0. The average Bonchev–Trinajstić information content (AvgIpc) is 2.18. The molecule has 1 saturated heterocycles. The lowest BCUT2D eigenvalue weighted by Crippen LogP contribution is -2.45. The van der Waals surface area contributed by atoms with Gasteiger partial charge in [-0.25, -0.2) is 0 Å². The third-order valence-corrected chi connectivity index (χ3v) is 2.23. The summed E-state index contributed by atoms with van der Waals surface area (Å²) in [7, 11) is 0. The molecule has 0 aromatic carbocycles. The molecule has 0 radical (unpaired) electrons. The Kier molecular flexibility index (Phi) is 5.83. The van der Waals surface area contributed by atoms with Crippen LogP contribution in [0.1, 0.15) is 19.8 Å². The number of ether oxygens (including phenoxy) is 2. The molecule has 1 heterocycles. The lowest BCUT2D eigenvalue weighted by Gasteiger charge is -2.28. The molecule has 0 saturated carbocycles. The Hall–Kier alpha value is -0.380. The van der Waals surface area contributed by atoms with Gasteiger partial charge in [0.15, 0.2) is 0 Å². The standard InChI is InChI=1S/C11H21NO2/c1-3-4-5-6-13-9-11-8-12-7-10(2)14-11/h3,10-12H,1,4-9H2,2H3. The fraction of sp³-hybridized carbons (Fsp3) is 0.818. The summed E-state index contributed by atoms with van der Waals surface area (Å²) in [6.45, 7) is 9.12. The molecule has 0 amide bonds. The van der Waals surface area contributed by atoms with Crippen LogP contribution in [0.4, 0.5) is 0 Å². The van der Waals surface area contributed by atoms with Gasteiger partial charge in [-0.1, -0.05) is 6.08 Å². The van der Waals surface area contributed by atoms with E-state index in [4.69, 9.17) is 9.47 Å². The summed E-state index contributed by atoms with van der Waals surface area (Å²) in [6, 6.07) is 0.